The molecule has 4 aromatic rings. The Hall–Kier alpha value is -4.50. The summed E-state index contributed by atoms with van der Waals surface area (Å²) >= 11 is 6.50. The van der Waals surface area contributed by atoms with Gasteiger partial charge in [-0.1, -0.05) is 17.5 Å². The maximum absolute atomic E-state index is 12.4. The third kappa shape index (κ3) is 7.82. The highest BCUT2D eigenvalue weighted by molar-refractivity contribution is 6.32. The van der Waals surface area contributed by atoms with Gasteiger partial charge in [-0.15, -0.1) is 0 Å². The number of amides is 1. The van der Waals surface area contributed by atoms with Gasteiger partial charge in [0.2, 0.25) is 0 Å². The van der Waals surface area contributed by atoms with Crippen LogP contribution in [0, 0.1) is 11.8 Å². The smallest absolute Gasteiger partial charge is 0.300 e. The van der Waals surface area contributed by atoms with Crippen LogP contribution < -0.4 is 20.1 Å². The molecule has 0 radical (unpaired) electrons. The number of nitrogens with zero attached hydrogens (tertiary/aromatic N) is 5. The van der Waals surface area contributed by atoms with Crippen LogP contribution in [0.1, 0.15) is 19.0 Å². The quantitative estimate of drug-likeness (QED) is 0.192. The van der Waals surface area contributed by atoms with Crippen molar-refractivity contribution in [3.63, 3.8) is 0 Å². The molecule has 1 amide bonds. The number of carbonyl (C=O) groups excluding carboxylic acids is 1. The summed E-state index contributed by atoms with van der Waals surface area (Å²) in [5.41, 5.74) is 2.50. The summed E-state index contributed by atoms with van der Waals surface area (Å²) in [5, 5.41) is 15.1. The third-order valence-corrected chi connectivity index (χ3v) is 6.70. The zero-order chi connectivity index (χ0) is 29.1. The minimum Gasteiger partial charge on any atom is -0.491 e. The lowest BCUT2D eigenvalue weighted by Crippen LogP contribution is -2.37. The van der Waals surface area contributed by atoms with Crippen LogP contribution in [0.4, 0.5) is 17.2 Å². The second kappa shape index (κ2) is 14.4. The second-order valence-electron chi connectivity index (χ2n) is 9.35. The number of benzene rings is 2. The zero-order valence-electron chi connectivity index (χ0n) is 23.1. The normalized spacial score (nSPS) is 13.2. The number of morpholine rings is 1. The lowest BCUT2D eigenvalue weighted by Gasteiger charge is -2.26. The molecule has 2 N–H and O–H groups in total. The summed E-state index contributed by atoms with van der Waals surface area (Å²) in [6.45, 7) is 6.58. The van der Waals surface area contributed by atoms with Gasteiger partial charge in [0.25, 0.3) is 5.91 Å². The predicted molar refractivity (Wildman–Crippen MR) is 160 cm³/mol. The van der Waals surface area contributed by atoms with E-state index in [-0.39, 0.29) is 6.61 Å². The van der Waals surface area contributed by atoms with Crippen LogP contribution in [-0.2, 0) is 16.1 Å². The molecule has 0 spiro atoms. The first-order chi connectivity index (χ1) is 20.6. The Labute approximate surface area is 248 Å². The van der Waals surface area contributed by atoms with Gasteiger partial charge >= 0.3 is 0 Å². The molecule has 0 aliphatic carbocycles. The molecule has 12 heteroatoms. The average Bonchev–Trinajstić information content (AvgIpc) is 3.00. The molecule has 0 atom stereocenters. The maximum Gasteiger partial charge on any atom is 0.300 e. The van der Waals surface area contributed by atoms with Crippen molar-refractivity contribution in [2.24, 2.45) is 0 Å². The van der Waals surface area contributed by atoms with Crippen LogP contribution >= 0.6 is 11.6 Å². The van der Waals surface area contributed by atoms with Crippen molar-refractivity contribution in [2.45, 2.75) is 20.0 Å². The number of rotatable bonds is 11. The molecule has 1 aliphatic rings. The number of hydrogen-bond acceptors (Lipinski definition) is 10. The number of fused-ring (bicyclic) bond motifs is 1. The minimum atomic E-state index is -0.440. The molecule has 216 valence electrons. The Morgan fingerprint density at radius 3 is 2.79 bits per heavy atom. The van der Waals surface area contributed by atoms with Gasteiger partial charge in [0, 0.05) is 43.0 Å². The third-order valence-electron chi connectivity index (χ3n) is 6.40. The SMILES string of the molecule is CC#CC(=O)Nc1cc2c(Nc3ccc(OCc4cccnn4)c(Cl)c3)ncnc2cc1OCCCN1CCOCC1. The van der Waals surface area contributed by atoms with Gasteiger partial charge in [-0.25, -0.2) is 9.97 Å². The van der Waals surface area contributed by atoms with Crippen LogP contribution in [0.2, 0.25) is 5.02 Å². The van der Waals surface area contributed by atoms with Crippen molar-refractivity contribution in [1.82, 2.24) is 25.1 Å². The molecular formula is C30H30ClN7O4. The summed E-state index contributed by atoms with van der Waals surface area (Å²) in [6.07, 6.45) is 3.90. The fourth-order valence-corrected chi connectivity index (χ4v) is 4.59. The molecule has 0 saturated carbocycles. The van der Waals surface area contributed by atoms with Crippen LogP contribution in [0.5, 0.6) is 11.5 Å². The van der Waals surface area contributed by atoms with E-state index in [1.807, 2.05) is 12.1 Å². The highest BCUT2D eigenvalue weighted by Crippen LogP contribution is 2.35. The van der Waals surface area contributed by atoms with Gasteiger partial charge < -0.3 is 24.8 Å². The number of ether oxygens (including phenoxy) is 3. The Kier molecular flexibility index (Phi) is 9.95. The van der Waals surface area contributed by atoms with Gasteiger partial charge in [-0.2, -0.15) is 10.2 Å². The lowest BCUT2D eigenvalue weighted by atomic mass is 10.1. The number of halogens is 1. The molecular weight excluding hydrogens is 558 g/mol. The van der Waals surface area contributed by atoms with Crippen LogP contribution in [0.3, 0.4) is 0 Å². The first-order valence-corrected chi connectivity index (χ1v) is 13.9. The fourth-order valence-electron chi connectivity index (χ4n) is 4.36. The van der Waals surface area contributed by atoms with Gasteiger partial charge in [0.15, 0.2) is 0 Å². The fraction of sp³-hybridized carbons (Fsp3) is 0.300. The number of hydrogen-bond donors (Lipinski definition) is 2. The summed E-state index contributed by atoms with van der Waals surface area (Å²) in [4.78, 5) is 23.6. The Morgan fingerprint density at radius 2 is 2.00 bits per heavy atom. The van der Waals surface area contributed by atoms with Gasteiger partial charge in [0.1, 0.15) is 35.9 Å². The molecule has 1 saturated heterocycles. The molecule has 1 fully saturated rings. The molecule has 0 unspecified atom stereocenters. The van der Waals surface area contributed by atoms with E-state index < -0.39 is 5.91 Å². The van der Waals surface area contributed by atoms with Crippen molar-refractivity contribution in [3.8, 4) is 23.3 Å². The van der Waals surface area contributed by atoms with E-state index >= 15 is 0 Å². The Balaban J connectivity index is 1.32. The summed E-state index contributed by atoms with van der Waals surface area (Å²) < 4.78 is 17.3. The highest BCUT2D eigenvalue weighted by Gasteiger charge is 2.15. The number of nitrogens with one attached hydrogen (secondary N) is 2. The number of anilines is 3. The molecule has 2 aromatic carbocycles. The summed E-state index contributed by atoms with van der Waals surface area (Å²) in [5.74, 6) is 6.24. The van der Waals surface area contributed by atoms with Crippen molar-refractivity contribution in [3.05, 3.63) is 65.7 Å². The Morgan fingerprint density at radius 1 is 1.12 bits per heavy atom. The monoisotopic (exact) mass is 587 g/mol. The van der Waals surface area contributed by atoms with Crippen molar-refractivity contribution < 1.29 is 19.0 Å². The summed E-state index contributed by atoms with van der Waals surface area (Å²) in [7, 11) is 0. The second-order valence-corrected chi connectivity index (χ2v) is 9.75. The number of carbonyl (C=O) groups is 1. The summed E-state index contributed by atoms with van der Waals surface area (Å²) in [6, 6.07) is 12.5. The van der Waals surface area contributed by atoms with Crippen molar-refractivity contribution in [1.29, 1.82) is 0 Å². The maximum atomic E-state index is 12.4. The van der Waals surface area contributed by atoms with Gasteiger partial charge in [-0.05, 0) is 55.7 Å². The van der Waals surface area contributed by atoms with Gasteiger partial charge in [-0.3, -0.25) is 9.69 Å². The molecule has 42 heavy (non-hydrogen) atoms. The van der Waals surface area contributed by atoms with E-state index in [9.17, 15) is 4.79 Å². The van der Waals surface area contributed by atoms with E-state index in [0.717, 1.165) is 39.3 Å². The van der Waals surface area contributed by atoms with E-state index in [4.69, 9.17) is 25.8 Å². The zero-order valence-corrected chi connectivity index (χ0v) is 23.9. The van der Waals surface area contributed by atoms with E-state index in [1.54, 1.807) is 43.5 Å². The molecule has 11 nitrogen and oxygen atoms in total. The number of aromatic nitrogens is 4. The van der Waals surface area contributed by atoms with Crippen molar-refractivity contribution >= 4 is 45.6 Å². The van der Waals surface area contributed by atoms with Crippen molar-refractivity contribution in [2.75, 3.05) is 50.1 Å². The molecule has 3 heterocycles. The topological polar surface area (TPSA) is 124 Å². The van der Waals surface area contributed by atoms with Crippen LogP contribution in [0.15, 0.2) is 55.0 Å². The average molecular weight is 588 g/mol. The standard InChI is InChI=1S/C30H30ClN7O4/c1-2-5-29(39)36-26-17-23-25(18-28(26)41-13-4-10-38-11-14-40-15-12-38)32-20-33-30(23)35-21-7-8-27(24(31)16-21)42-19-22-6-3-9-34-37-22/h3,6-9,16-18,20H,4,10-15,19H2,1H3,(H,36,39)(H,32,33,35). The molecule has 1 aliphatic heterocycles. The molecule has 0 bridgehead atoms. The van der Waals surface area contributed by atoms with E-state index in [1.165, 1.54) is 6.33 Å². The largest absolute Gasteiger partial charge is 0.491 e. The lowest BCUT2D eigenvalue weighted by molar-refractivity contribution is -0.111. The van der Waals surface area contributed by atoms with E-state index in [0.29, 0.717) is 56.9 Å². The predicted octanol–water partition coefficient (Wildman–Crippen LogP) is 4.46. The highest BCUT2D eigenvalue weighted by atomic mass is 35.5. The van der Waals surface area contributed by atoms with E-state index in [2.05, 4.69) is 47.5 Å². The van der Waals surface area contributed by atoms with Crippen LogP contribution in [0.25, 0.3) is 10.9 Å². The first-order valence-electron chi connectivity index (χ1n) is 13.5. The first kappa shape index (κ1) is 29.0. The van der Waals surface area contributed by atoms with Gasteiger partial charge in [0.05, 0.1) is 36.0 Å². The molecule has 2 aromatic heterocycles. The minimum absolute atomic E-state index is 0.241. The molecule has 5 rings (SSSR count). The van der Waals surface area contributed by atoms with Crippen LogP contribution in [-0.4, -0.2) is 70.4 Å². The Bertz CT molecular complexity index is 1590.